The van der Waals surface area contributed by atoms with E-state index < -0.39 is 18.0 Å². The van der Waals surface area contributed by atoms with Gasteiger partial charge in [0.1, 0.15) is 7.85 Å². The van der Waals surface area contributed by atoms with Gasteiger partial charge in [-0.25, -0.2) is 0 Å². The highest BCUT2D eigenvalue weighted by Gasteiger charge is 2.63. The largest absolute Gasteiger partial charge is 0.463 e. The standard InChI is InChI=1S/C11H9BF5NO/c1-5-4-8(6(2)3-7(5)12)18-9(19)10(13,14)11(15,16)17/h3-4H,1-2H3,(H,18,19). The van der Waals surface area contributed by atoms with Gasteiger partial charge in [0.05, 0.1) is 0 Å². The van der Waals surface area contributed by atoms with E-state index in [2.05, 4.69) is 0 Å². The number of rotatable bonds is 2. The molecule has 0 aliphatic carbocycles. The predicted molar refractivity (Wildman–Crippen MR) is 60.9 cm³/mol. The summed E-state index contributed by atoms with van der Waals surface area (Å²) >= 11 is 0. The van der Waals surface area contributed by atoms with Crippen molar-refractivity contribution in [3.05, 3.63) is 23.3 Å². The van der Waals surface area contributed by atoms with Gasteiger partial charge in [-0.1, -0.05) is 17.1 Å². The van der Waals surface area contributed by atoms with Crippen molar-refractivity contribution >= 4 is 24.9 Å². The molecule has 2 nitrogen and oxygen atoms in total. The lowest BCUT2D eigenvalue weighted by molar-refractivity contribution is -0.267. The zero-order chi connectivity index (χ0) is 15.0. The van der Waals surface area contributed by atoms with E-state index >= 15 is 0 Å². The Bertz CT molecular complexity index is 513. The number of amides is 1. The van der Waals surface area contributed by atoms with Gasteiger partial charge >= 0.3 is 18.0 Å². The van der Waals surface area contributed by atoms with Gasteiger partial charge in [0, 0.05) is 5.69 Å². The number of aryl methyl sites for hydroxylation is 2. The monoisotopic (exact) mass is 277 g/mol. The number of hydrogen-bond donors (Lipinski definition) is 1. The predicted octanol–water partition coefficient (Wildman–Crippen LogP) is 2.23. The Hall–Kier alpha value is -1.60. The van der Waals surface area contributed by atoms with Crippen LogP contribution in [-0.4, -0.2) is 25.9 Å². The lowest BCUT2D eigenvalue weighted by atomic mass is 9.89. The quantitative estimate of drug-likeness (QED) is 0.652. The molecule has 0 fully saturated rings. The molecular weight excluding hydrogens is 268 g/mol. The molecule has 0 aromatic heterocycles. The average Bonchev–Trinajstić information content (AvgIpc) is 2.24. The van der Waals surface area contributed by atoms with E-state index in [1.54, 1.807) is 5.32 Å². The number of carbonyl (C=O) groups is 1. The Kier molecular flexibility index (Phi) is 3.93. The summed E-state index contributed by atoms with van der Waals surface area (Å²) < 4.78 is 61.5. The molecule has 0 spiro atoms. The summed E-state index contributed by atoms with van der Waals surface area (Å²) in [7, 11) is 5.53. The fraction of sp³-hybridized carbons (Fsp3) is 0.364. The summed E-state index contributed by atoms with van der Waals surface area (Å²) in [5.41, 5.74) is 0.948. The maximum absolute atomic E-state index is 12.8. The molecular formula is C11H9BF5NO. The minimum atomic E-state index is -5.94. The highest BCUT2D eigenvalue weighted by molar-refractivity contribution is 6.33. The van der Waals surface area contributed by atoms with Crippen molar-refractivity contribution in [1.82, 2.24) is 0 Å². The number of nitrogens with one attached hydrogen (secondary N) is 1. The molecule has 1 amide bonds. The molecule has 0 atom stereocenters. The fourth-order valence-corrected chi connectivity index (χ4v) is 1.30. The van der Waals surface area contributed by atoms with Crippen molar-refractivity contribution in [3.8, 4) is 0 Å². The molecule has 0 unspecified atom stereocenters. The SMILES string of the molecule is [B]c1cc(C)c(NC(=O)C(F)(F)C(F)(F)F)cc1C. The van der Waals surface area contributed by atoms with Crippen LogP contribution in [0.3, 0.4) is 0 Å². The lowest BCUT2D eigenvalue weighted by Crippen LogP contribution is -2.47. The number of carbonyl (C=O) groups excluding carboxylic acids is 1. The Balaban J connectivity index is 3.05. The third kappa shape index (κ3) is 3.05. The van der Waals surface area contributed by atoms with E-state index in [0.717, 1.165) is 0 Å². The van der Waals surface area contributed by atoms with E-state index in [9.17, 15) is 26.7 Å². The molecule has 19 heavy (non-hydrogen) atoms. The molecule has 2 radical (unpaired) electrons. The second kappa shape index (κ2) is 4.83. The van der Waals surface area contributed by atoms with Crippen molar-refractivity contribution in [2.75, 3.05) is 5.32 Å². The molecule has 1 rings (SSSR count). The second-order valence-corrected chi connectivity index (χ2v) is 4.05. The minimum absolute atomic E-state index is 0.138. The van der Waals surface area contributed by atoms with Crippen molar-refractivity contribution in [3.63, 3.8) is 0 Å². The minimum Gasteiger partial charge on any atom is -0.320 e. The molecule has 0 saturated carbocycles. The van der Waals surface area contributed by atoms with Crippen molar-refractivity contribution in [1.29, 1.82) is 0 Å². The van der Waals surface area contributed by atoms with Gasteiger partial charge in [-0.05, 0) is 25.5 Å². The summed E-state index contributed by atoms with van der Waals surface area (Å²) in [6, 6.07) is 2.60. The van der Waals surface area contributed by atoms with Gasteiger partial charge in [0.15, 0.2) is 0 Å². The van der Waals surface area contributed by atoms with Crippen LogP contribution in [-0.2, 0) is 4.79 Å². The average molecular weight is 277 g/mol. The Labute approximate surface area is 107 Å². The lowest BCUT2D eigenvalue weighted by Gasteiger charge is -2.20. The van der Waals surface area contributed by atoms with Gasteiger partial charge < -0.3 is 5.32 Å². The summed E-state index contributed by atoms with van der Waals surface area (Å²) in [5, 5.41) is 1.56. The number of alkyl halides is 5. The number of anilines is 1. The summed E-state index contributed by atoms with van der Waals surface area (Å²) in [6.07, 6.45) is -5.94. The van der Waals surface area contributed by atoms with E-state index in [1.807, 2.05) is 0 Å². The van der Waals surface area contributed by atoms with Gasteiger partial charge in [0.2, 0.25) is 0 Å². The number of halogens is 5. The summed E-state index contributed by atoms with van der Waals surface area (Å²) in [5.74, 6) is -7.87. The van der Waals surface area contributed by atoms with Crippen LogP contribution in [0.15, 0.2) is 12.1 Å². The van der Waals surface area contributed by atoms with Crippen LogP contribution < -0.4 is 10.8 Å². The summed E-state index contributed by atoms with van der Waals surface area (Å²) in [4.78, 5) is 11.0. The van der Waals surface area contributed by atoms with Crippen LogP contribution in [0.1, 0.15) is 11.1 Å². The highest BCUT2D eigenvalue weighted by atomic mass is 19.4. The van der Waals surface area contributed by atoms with E-state index in [0.29, 0.717) is 11.0 Å². The molecule has 0 aliphatic heterocycles. The molecule has 0 heterocycles. The molecule has 102 valence electrons. The van der Waals surface area contributed by atoms with E-state index in [-0.39, 0.29) is 11.3 Å². The van der Waals surface area contributed by atoms with E-state index in [4.69, 9.17) is 7.85 Å². The van der Waals surface area contributed by atoms with Crippen LogP contribution in [0.25, 0.3) is 0 Å². The van der Waals surface area contributed by atoms with Gasteiger partial charge in [-0.2, -0.15) is 22.0 Å². The molecule has 0 saturated heterocycles. The van der Waals surface area contributed by atoms with Gasteiger partial charge in [-0.3, -0.25) is 4.79 Å². The van der Waals surface area contributed by atoms with Crippen molar-refractivity contribution in [2.45, 2.75) is 25.9 Å². The first-order chi connectivity index (χ1) is 8.46. The zero-order valence-corrected chi connectivity index (χ0v) is 10.0. The first kappa shape index (κ1) is 15.5. The Morgan fingerprint density at radius 1 is 1.11 bits per heavy atom. The van der Waals surface area contributed by atoms with Gasteiger partial charge in [-0.15, -0.1) is 0 Å². The second-order valence-electron chi connectivity index (χ2n) is 4.05. The third-order valence-electron chi connectivity index (χ3n) is 2.50. The first-order valence-electron chi connectivity index (χ1n) is 5.09. The van der Waals surface area contributed by atoms with Crippen molar-refractivity contribution in [2.24, 2.45) is 0 Å². The topological polar surface area (TPSA) is 29.1 Å². The van der Waals surface area contributed by atoms with E-state index in [1.165, 1.54) is 26.0 Å². The molecule has 8 heteroatoms. The van der Waals surface area contributed by atoms with Crippen LogP contribution >= 0.6 is 0 Å². The highest BCUT2D eigenvalue weighted by Crippen LogP contribution is 2.36. The van der Waals surface area contributed by atoms with Crippen molar-refractivity contribution < 1.29 is 26.7 Å². The molecule has 1 N–H and O–H groups in total. The Morgan fingerprint density at radius 2 is 1.63 bits per heavy atom. The van der Waals surface area contributed by atoms with Crippen LogP contribution in [0.5, 0.6) is 0 Å². The molecule has 1 aromatic carbocycles. The van der Waals surface area contributed by atoms with Crippen LogP contribution in [0.4, 0.5) is 27.6 Å². The maximum atomic E-state index is 12.8. The zero-order valence-electron chi connectivity index (χ0n) is 10.0. The third-order valence-corrected chi connectivity index (χ3v) is 2.50. The van der Waals surface area contributed by atoms with Crippen LogP contribution in [0, 0.1) is 13.8 Å². The first-order valence-corrected chi connectivity index (χ1v) is 5.09. The maximum Gasteiger partial charge on any atom is 0.463 e. The number of hydrogen-bond acceptors (Lipinski definition) is 1. The fourth-order valence-electron chi connectivity index (χ4n) is 1.30. The molecule has 1 aromatic rings. The van der Waals surface area contributed by atoms with Crippen LogP contribution in [0.2, 0.25) is 0 Å². The molecule has 0 aliphatic rings. The molecule has 0 bridgehead atoms. The number of benzene rings is 1. The normalized spacial score (nSPS) is 12.4. The summed E-state index contributed by atoms with van der Waals surface area (Å²) in [6.45, 7) is 2.96. The smallest absolute Gasteiger partial charge is 0.320 e. The Morgan fingerprint density at radius 3 is 2.11 bits per heavy atom. The van der Waals surface area contributed by atoms with Gasteiger partial charge in [0.25, 0.3) is 0 Å².